The molecule has 0 bridgehead atoms. The summed E-state index contributed by atoms with van der Waals surface area (Å²) < 4.78 is 6.76. The Hall–Kier alpha value is -1.29. The molecule has 0 amide bonds. The lowest BCUT2D eigenvalue weighted by Crippen LogP contribution is -2.14. The molecule has 0 unspecified atom stereocenters. The summed E-state index contributed by atoms with van der Waals surface area (Å²) in [7, 11) is 0. The van der Waals surface area contributed by atoms with Gasteiger partial charge in [0.05, 0.1) is 6.10 Å². The van der Waals surface area contributed by atoms with Gasteiger partial charge in [0.25, 0.3) is 0 Å². The van der Waals surface area contributed by atoms with Gasteiger partial charge in [-0.3, -0.25) is 0 Å². The third-order valence-electron chi connectivity index (χ3n) is 2.58. The van der Waals surface area contributed by atoms with Gasteiger partial charge in [0.2, 0.25) is 0 Å². The minimum Gasteiger partial charge on any atom is -0.490 e. The molecule has 0 saturated heterocycles. The van der Waals surface area contributed by atoms with E-state index in [1.807, 2.05) is 18.2 Å². The second-order valence-corrected chi connectivity index (χ2v) is 4.83. The van der Waals surface area contributed by atoms with E-state index in [0.29, 0.717) is 5.75 Å². The van der Waals surface area contributed by atoms with E-state index in [4.69, 9.17) is 9.84 Å². The number of carboxylic acids is 1. The summed E-state index contributed by atoms with van der Waals surface area (Å²) in [4.78, 5) is 10.6. The molecule has 98 valence electrons. The van der Waals surface area contributed by atoms with Gasteiger partial charge < -0.3 is 9.84 Å². The lowest BCUT2D eigenvalue weighted by atomic mass is 10.1. The van der Waals surface area contributed by atoms with Gasteiger partial charge in [-0.15, -0.1) is 0 Å². The van der Waals surface area contributed by atoms with E-state index >= 15 is 0 Å². The van der Waals surface area contributed by atoms with Crippen LogP contribution >= 0.6 is 15.9 Å². The minimum atomic E-state index is -0.969. The number of halogens is 1. The van der Waals surface area contributed by atoms with Crippen molar-refractivity contribution in [2.45, 2.75) is 32.8 Å². The maximum absolute atomic E-state index is 10.6. The van der Waals surface area contributed by atoms with Gasteiger partial charge in [-0.05, 0) is 37.1 Å². The molecule has 0 atom stereocenters. The molecule has 1 rings (SSSR count). The lowest BCUT2D eigenvalue weighted by molar-refractivity contribution is -0.131. The van der Waals surface area contributed by atoms with Crippen molar-refractivity contribution < 1.29 is 14.6 Å². The molecule has 18 heavy (non-hydrogen) atoms. The molecule has 4 heteroatoms. The Bertz CT molecular complexity index is 437. The fourth-order valence-electron chi connectivity index (χ4n) is 1.55. The normalized spacial score (nSPS) is 11.1. The van der Waals surface area contributed by atoms with Crippen LogP contribution in [0, 0.1) is 0 Å². The van der Waals surface area contributed by atoms with Gasteiger partial charge in [0, 0.05) is 16.1 Å². The topological polar surface area (TPSA) is 46.5 Å². The van der Waals surface area contributed by atoms with E-state index in [-0.39, 0.29) is 6.10 Å². The minimum absolute atomic E-state index is 0.156. The average Bonchev–Trinajstić information content (AvgIpc) is 2.35. The van der Waals surface area contributed by atoms with E-state index in [9.17, 15) is 4.79 Å². The van der Waals surface area contributed by atoms with E-state index in [1.165, 1.54) is 0 Å². The van der Waals surface area contributed by atoms with Crippen LogP contribution in [0.1, 0.15) is 32.3 Å². The molecule has 0 aliphatic carbocycles. The summed E-state index contributed by atoms with van der Waals surface area (Å²) >= 11 is 3.37. The second kappa shape index (κ2) is 7.21. The Balaban J connectivity index is 2.99. The Labute approximate surface area is 116 Å². The highest BCUT2D eigenvalue weighted by molar-refractivity contribution is 9.10. The third-order valence-corrected chi connectivity index (χ3v) is 3.07. The summed E-state index contributed by atoms with van der Waals surface area (Å²) in [6.45, 7) is 4.14. The maximum Gasteiger partial charge on any atom is 0.328 e. The Kier molecular flexibility index (Phi) is 5.92. The number of hydrogen-bond acceptors (Lipinski definition) is 2. The summed E-state index contributed by atoms with van der Waals surface area (Å²) in [5.41, 5.74) is 0.763. The van der Waals surface area contributed by atoms with Crippen molar-refractivity contribution in [1.29, 1.82) is 0 Å². The van der Waals surface area contributed by atoms with Crippen LogP contribution < -0.4 is 4.74 Å². The fourth-order valence-corrected chi connectivity index (χ4v) is 1.93. The van der Waals surface area contributed by atoms with Gasteiger partial charge in [-0.25, -0.2) is 4.79 Å². The molecule has 0 aliphatic heterocycles. The van der Waals surface area contributed by atoms with Crippen LogP contribution in [-0.2, 0) is 4.79 Å². The van der Waals surface area contributed by atoms with Crippen LogP contribution in [0.4, 0.5) is 0 Å². The van der Waals surface area contributed by atoms with Gasteiger partial charge in [0.1, 0.15) is 5.75 Å². The van der Waals surface area contributed by atoms with Crippen LogP contribution in [0.3, 0.4) is 0 Å². The van der Waals surface area contributed by atoms with Crippen molar-refractivity contribution in [3.63, 3.8) is 0 Å². The van der Waals surface area contributed by atoms with Gasteiger partial charge in [-0.1, -0.05) is 29.8 Å². The number of benzene rings is 1. The van der Waals surface area contributed by atoms with E-state index in [2.05, 4.69) is 29.8 Å². The molecule has 1 aromatic rings. The number of rotatable bonds is 6. The molecule has 0 saturated carbocycles. The first-order valence-corrected chi connectivity index (χ1v) is 6.73. The van der Waals surface area contributed by atoms with Crippen LogP contribution in [0.2, 0.25) is 0 Å². The number of hydrogen-bond donors (Lipinski definition) is 1. The smallest absolute Gasteiger partial charge is 0.328 e. The molecule has 0 heterocycles. The Morgan fingerprint density at radius 2 is 2.11 bits per heavy atom. The zero-order valence-corrected chi connectivity index (χ0v) is 12.1. The van der Waals surface area contributed by atoms with Crippen LogP contribution in [0.15, 0.2) is 28.7 Å². The number of ether oxygens (including phenoxy) is 1. The molecule has 0 radical (unpaired) electrons. The van der Waals surface area contributed by atoms with Crippen molar-refractivity contribution in [3.05, 3.63) is 34.3 Å². The standard InChI is InChI=1S/C14H17BrO3/c1-3-12(4-2)18-13-7-6-11(15)9-10(13)5-8-14(16)17/h5-9,12H,3-4H2,1-2H3,(H,16,17). The summed E-state index contributed by atoms with van der Waals surface area (Å²) in [6.07, 6.45) is 4.67. The first kappa shape index (κ1) is 14.8. The van der Waals surface area contributed by atoms with E-state index in [1.54, 1.807) is 6.08 Å². The van der Waals surface area contributed by atoms with E-state index < -0.39 is 5.97 Å². The zero-order valence-electron chi connectivity index (χ0n) is 10.5. The third kappa shape index (κ3) is 4.53. The lowest BCUT2D eigenvalue weighted by Gasteiger charge is -2.17. The van der Waals surface area contributed by atoms with Gasteiger partial charge >= 0.3 is 5.97 Å². The quantitative estimate of drug-likeness (QED) is 0.804. The molecule has 1 aromatic carbocycles. The maximum atomic E-state index is 10.6. The summed E-state index contributed by atoms with van der Waals surface area (Å²) in [6, 6.07) is 5.58. The van der Waals surface area contributed by atoms with Crippen molar-refractivity contribution in [1.82, 2.24) is 0 Å². The highest BCUT2D eigenvalue weighted by Crippen LogP contribution is 2.26. The molecule has 0 aromatic heterocycles. The SMILES string of the molecule is CCC(CC)Oc1ccc(Br)cc1C=CC(=O)O. The first-order chi connectivity index (χ1) is 8.56. The molecule has 0 fully saturated rings. The molecular weight excluding hydrogens is 296 g/mol. The zero-order chi connectivity index (χ0) is 13.5. The molecule has 3 nitrogen and oxygen atoms in total. The van der Waals surface area contributed by atoms with Crippen LogP contribution in [0.5, 0.6) is 5.75 Å². The van der Waals surface area contributed by atoms with Gasteiger partial charge in [-0.2, -0.15) is 0 Å². The second-order valence-electron chi connectivity index (χ2n) is 3.91. The molecule has 1 N–H and O–H groups in total. The number of carbonyl (C=O) groups is 1. The average molecular weight is 313 g/mol. The monoisotopic (exact) mass is 312 g/mol. The van der Waals surface area contributed by atoms with Crippen LogP contribution in [-0.4, -0.2) is 17.2 Å². The Morgan fingerprint density at radius 3 is 2.67 bits per heavy atom. The summed E-state index contributed by atoms with van der Waals surface area (Å²) in [5, 5.41) is 8.67. The number of carboxylic acid groups (broad SMARTS) is 1. The molecule has 0 spiro atoms. The fraction of sp³-hybridized carbons (Fsp3) is 0.357. The van der Waals surface area contributed by atoms with Crippen molar-refractivity contribution >= 4 is 28.0 Å². The predicted molar refractivity (Wildman–Crippen MR) is 75.8 cm³/mol. The largest absolute Gasteiger partial charge is 0.490 e. The number of aliphatic carboxylic acids is 1. The first-order valence-electron chi connectivity index (χ1n) is 5.94. The Morgan fingerprint density at radius 1 is 1.44 bits per heavy atom. The van der Waals surface area contributed by atoms with Crippen molar-refractivity contribution in [2.75, 3.05) is 0 Å². The highest BCUT2D eigenvalue weighted by Gasteiger charge is 2.08. The molecule has 0 aliphatic rings. The van der Waals surface area contributed by atoms with E-state index in [0.717, 1.165) is 29.0 Å². The van der Waals surface area contributed by atoms with Crippen molar-refractivity contribution in [3.8, 4) is 5.75 Å². The van der Waals surface area contributed by atoms with Crippen molar-refractivity contribution in [2.24, 2.45) is 0 Å². The molecular formula is C14H17BrO3. The van der Waals surface area contributed by atoms with Crippen LogP contribution in [0.25, 0.3) is 6.08 Å². The summed E-state index contributed by atoms with van der Waals surface area (Å²) in [5.74, 6) is -0.257. The van der Waals surface area contributed by atoms with Gasteiger partial charge in [0.15, 0.2) is 0 Å². The highest BCUT2D eigenvalue weighted by atomic mass is 79.9. The predicted octanol–water partition coefficient (Wildman–Crippen LogP) is 4.11.